The second-order valence-electron chi connectivity index (χ2n) is 5.89. The van der Waals surface area contributed by atoms with Gasteiger partial charge in [-0.25, -0.2) is 0 Å². The number of benzene rings is 2. The molecular formula is C21H16N2O3S. The Morgan fingerprint density at radius 2 is 1.74 bits per heavy atom. The lowest BCUT2D eigenvalue weighted by molar-refractivity contribution is -0.144. The van der Waals surface area contributed by atoms with Gasteiger partial charge in [0.1, 0.15) is 0 Å². The fraction of sp³-hybridized carbons (Fsp3) is 0.0952. The number of ether oxygens (including phenoxy) is 1. The third-order valence-electron chi connectivity index (χ3n) is 3.98. The van der Waals surface area contributed by atoms with E-state index in [1.165, 1.54) is 11.3 Å². The van der Waals surface area contributed by atoms with Gasteiger partial charge >= 0.3 is 5.97 Å². The highest BCUT2D eigenvalue weighted by Gasteiger charge is 2.12. The van der Waals surface area contributed by atoms with Crippen LogP contribution in [0.2, 0.25) is 0 Å². The number of thiophene rings is 1. The van der Waals surface area contributed by atoms with Crippen LogP contribution in [0.25, 0.3) is 21.8 Å². The van der Waals surface area contributed by atoms with Crippen LogP contribution < -0.4 is 0 Å². The van der Waals surface area contributed by atoms with Crippen molar-refractivity contribution in [2.75, 3.05) is 0 Å². The van der Waals surface area contributed by atoms with Crippen molar-refractivity contribution in [3.63, 3.8) is 0 Å². The van der Waals surface area contributed by atoms with Gasteiger partial charge in [0.05, 0.1) is 11.3 Å². The van der Waals surface area contributed by atoms with E-state index in [1.807, 2.05) is 60.0 Å². The van der Waals surface area contributed by atoms with Crippen molar-refractivity contribution in [2.45, 2.75) is 13.0 Å². The monoisotopic (exact) mass is 376 g/mol. The molecule has 0 spiro atoms. The van der Waals surface area contributed by atoms with Crippen LogP contribution in [0.4, 0.5) is 0 Å². The first-order valence-electron chi connectivity index (χ1n) is 8.44. The molecule has 4 rings (SSSR count). The second kappa shape index (κ2) is 7.97. The molecule has 4 aromatic rings. The summed E-state index contributed by atoms with van der Waals surface area (Å²) in [4.78, 5) is 17.2. The molecule has 0 amide bonds. The summed E-state index contributed by atoms with van der Waals surface area (Å²) in [5, 5.41) is 5.83. The average Bonchev–Trinajstić information content (AvgIpc) is 3.39. The van der Waals surface area contributed by atoms with Crippen LogP contribution in [0.5, 0.6) is 0 Å². The summed E-state index contributed by atoms with van der Waals surface area (Å²) in [6.07, 6.45) is 0.195. The molecule has 0 fully saturated rings. The number of esters is 1. The predicted octanol–water partition coefficient (Wildman–Crippen LogP) is 4.75. The molecule has 2 aromatic heterocycles. The maximum Gasteiger partial charge on any atom is 0.310 e. The molecule has 0 aliphatic carbocycles. The molecule has 27 heavy (non-hydrogen) atoms. The molecule has 0 saturated heterocycles. The van der Waals surface area contributed by atoms with Gasteiger partial charge in [0.2, 0.25) is 5.82 Å². The molecule has 2 heterocycles. The normalized spacial score (nSPS) is 10.7. The van der Waals surface area contributed by atoms with E-state index in [4.69, 9.17) is 9.26 Å². The molecule has 0 bridgehead atoms. The first kappa shape index (κ1) is 17.2. The third-order valence-corrected chi connectivity index (χ3v) is 4.84. The zero-order chi connectivity index (χ0) is 18.5. The molecule has 0 saturated carbocycles. The molecule has 0 aliphatic rings. The number of hydrogen-bond acceptors (Lipinski definition) is 6. The van der Waals surface area contributed by atoms with Gasteiger partial charge in [-0.1, -0.05) is 65.8 Å². The van der Waals surface area contributed by atoms with Gasteiger partial charge in [-0.15, -0.1) is 11.3 Å². The summed E-state index contributed by atoms with van der Waals surface area (Å²) in [6.45, 7) is -0.0285. The highest BCUT2D eigenvalue weighted by Crippen LogP contribution is 2.22. The topological polar surface area (TPSA) is 65.2 Å². The van der Waals surface area contributed by atoms with Gasteiger partial charge in [0.15, 0.2) is 6.61 Å². The average molecular weight is 376 g/mol. The quantitative estimate of drug-likeness (QED) is 0.454. The largest absolute Gasteiger partial charge is 0.455 e. The number of rotatable bonds is 6. The molecular weight excluding hydrogens is 360 g/mol. The van der Waals surface area contributed by atoms with Crippen molar-refractivity contribution in [3.05, 3.63) is 83.6 Å². The minimum atomic E-state index is -0.335. The van der Waals surface area contributed by atoms with Crippen molar-refractivity contribution in [1.29, 1.82) is 0 Å². The van der Waals surface area contributed by atoms with E-state index < -0.39 is 0 Å². The fourth-order valence-corrected chi connectivity index (χ4v) is 3.27. The molecule has 0 aliphatic heterocycles. The Hall–Kier alpha value is -3.25. The predicted molar refractivity (Wildman–Crippen MR) is 103 cm³/mol. The summed E-state index contributed by atoms with van der Waals surface area (Å²) >= 11 is 1.52. The van der Waals surface area contributed by atoms with E-state index in [9.17, 15) is 4.79 Å². The van der Waals surface area contributed by atoms with Gasteiger partial charge < -0.3 is 9.26 Å². The van der Waals surface area contributed by atoms with Gasteiger partial charge in [0.25, 0.3) is 5.89 Å². The number of carbonyl (C=O) groups is 1. The van der Waals surface area contributed by atoms with Crippen LogP contribution in [0.1, 0.15) is 11.5 Å². The van der Waals surface area contributed by atoms with Gasteiger partial charge in [-0.2, -0.15) is 4.98 Å². The molecule has 0 radical (unpaired) electrons. The molecule has 134 valence electrons. The van der Waals surface area contributed by atoms with Crippen molar-refractivity contribution in [2.24, 2.45) is 0 Å². The summed E-state index contributed by atoms with van der Waals surface area (Å²) in [7, 11) is 0. The zero-order valence-corrected chi connectivity index (χ0v) is 15.2. The first-order chi connectivity index (χ1) is 13.3. The van der Waals surface area contributed by atoms with Crippen molar-refractivity contribution >= 4 is 17.3 Å². The number of hydrogen-bond donors (Lipinski definition) is 0. The van der Waals surface area contributed by atoms with E-state index in [2.05, 4.69) is 22.3 Å². The van der Waals surface area contributed by atoms with E-state index in [1.54, 1.807) is 0 Å². The number of carbonyl (C=O) groups excluding carboxylic acids is 1. The summed E-state index contributed by atoms with van der Waals surface area (Å²) in [5.74, 6) is 0.456. The Morgan fingerprint density at radius 1 is 0.963 bits per heavy atom. The highest BCUT2D eigenvalue weighted by molar-refractivity contribution is 7.13. The Kier molecular flexibility index (Phi) is 5.07. The lowest BCUT2D eigenvalue weighted by atomic mass is 10.0. The van der Waals surface area contributed by atoms with Crippen LogP contribution in [-0.2, 0) is 22.6 Å². The van der Waals surface area contributed by atoms with Crippen LogP contribution in [-0.4, -0.2) is 16.1 Å². The maximum atomic E-state index is 12.1. The van der Waals surface area contributed by atoms with Crippen LogP contribution in [0.3, 0.4) is 0 Å². The standard InChI is InChI=1S/C21H16N2O3S/c24-20(25-14-19-22-21(23-26-19)18-7-4-12-27-18)13-15-8-10-17(11-9-15)16-5-2-1-3-6-16/h1-12H,13-14H2. The Morgan fingerprint density at radius 3 is 2.48 bits per heavy atom. The molecule has 5 nitrogen and oxygen atoms in total. The first-order valence-corrected chi connectivity index (χ1v) is 9.32. The minimum Gasteiger partial charge on any atom is -0.455 e. The van der Waals surface area contributed by atoms with Crippen LogP contribution in [0.15, 0.2) is 76.6 Å². The Labute approximate surface area is 160 Å². The molecule has 0 atom stereocenters. The maximum absolute atomic E-state index is 12.1. The van der Waals surface area contributed by atoms with Crippen LogP contribution in [0, 0.1) is 0 Å². The molecule has 2 aromatic carbocycles. The Bertz CT molecular complexity index is 1010. The summed E-state index contributed by atoms with van der Waals surface area (Å²) < 4.78 is 10.4. The summed E-state index contributed by atoms with van der Waals surface area (Å²) in [5.41, 5.74) is 3.15. The van der Waals surface area contributed by atoms with Gasteiger partial charge in [-0.05, 0) is 28.1 Å². The second-order valence-corrected chi connectivity index (χ2v) is 6.84. The lowest BCUT2D eigenvalue weighted by Crippen LogP contribution is -2.08. The number of nitrogens with zero attached hydrogens (tertiary/aromatic N) is 2. The fourth-order valence-electron chi connectivity index (χ4n) is 2.62. The van der Waals surface area contributed by atoms with Crippen LogP contribution >= 0.6 is 11.3 Å². The third kappa shape index (κ3) is 4.30. The molecule has 6 heteroatoms. The van der Waals surface area contributed by atoms with Crippen molar-refractivity contribution < 1.29 is 14.1 Å². The van der Waals surface area contributed by atoms with E-state index in [-0.39, 0.29) is 24.9 Å². The van der Waals surface area contributed by atoms with E-state index in [0.717, 1.165) is 21.6 Å². The SMILES string of the molecule is O=C(Cc1ccc(-c2ccccc2)cc1)OCc1nc(-c2cccs2)no1. The Balaban J connectivity index is 1.32. The molecule has 0 unspecified atom stereocenters. The number of aromatic nitrogens is 2. The van der Waals surface area contributed by atoms with Crippen molar-refractivity contribution in [3.8, 4) is 21.8 Å². The highest BCUT2D eigenvalue weighted by atomic mass is 32.1. The van der Waals surface area contributed by atoms with E-state index in [0.29, 0.717) is 5.82 Å². The summed E-state index contributed by atoms with van der Waals surface area (Å²) in [6, 6.07) is 21.8. The van der Waals surface area contributed by atoms with Gasteiger partial charge in [0, 0.05) is 0 Å². The lowest BCUT2D eigenvalue weighted by Gasteiger charge is -2.05. The van der Waals surface area contributed by atoms with Crippen molar-refractivity contribution in [1.82, 2.24) is 10.1 Å². The van der Waals surface area contributed by atoms with Gasteiger partial charge in [-0.3, -0.25) is 4.79 Å². The molecule has 0 N–H and O–H groups in total. The smallest absolute Gasteiger partial charge is 0.310 e. The zero-order valence-electron chi connectivity index (χ0n) is 14.4. The minimum absolute atomic E-state index is 0.0285. The van der Waals surface area contributed by atoms with E-state index >= 15 is 0 Å².